The first-order valence-corrected chi connectivity index (χ1v) is 8.91. The summed E-state index contributed by atoms with van der Waals surface area (Å²) >= 11 is 0. The van der Waals surface area contributed by atoms with Crippen LogP contribution in [0.1, 0.15) is 29.5 Å². The molecule has 2 aromatic carbocycles. The predicted octanol–water partition coefficient (Wildman–Crippen LogP) is 3.24. The van der Waals surface area contributed by atoms with Crippen molar-refractivity contribution < 1.29 is 19.1 Å². The second kappa shape index (κ2) is 8.09. The Morgan fingerprint density at radius 3 is 2.42 bits per heavy atom. The third kappa shape index (κ3) is 4.26. The van der Waals surface area contributed by atoms with E-state index in [4.69, 9.17) is 4.74 Å². The molecular formula is C22H22O4. The maximum Gasteiger partial charge on any atom is 0.325 e. The lowest BCUT2D eigenvalue weighted by Crippen LogP contribution is -2.28. The SMILES string of the molecule is Cc1cccc(CCC(=O)C2C(=O)OC(CCc3ccccc3)C2=O)c1. The summed E-state index contributed by atoms with van der Waals surface area (Å²) in [6.07, 6.45) is 0.924. The lowest BCUT2D eigenvalue weighted by molar-refractivity contribution is -0.147. The van der Waals surface area contributed by atoms with Crippen molar-refractivity contribution in [2.45, 2.75) is 38.7 Å². The van der Waals surface area contributed by atoms with E-state index in [1.165, 1.54) is 0 Å². The average Bonchev–Trinajstić information content (AvgIpc) is 2.92. The van der Waals surface area contributed by atoms with E-state index in [0.717, 1.165) is 16.7 Å². The van der Waals surface area contributed by atoms with Crippen molar-refractivity contribution in [2.75, 3.05) is 0 Å². The van der Waals surface area contributed by atoms with Crippen LogP contribution in [-0.4, -0.2) is 23.6 Å². The number of Topliss-reactive ketones (excluding diaryl/α,β-unsaturated/α-hetero) is 2. The number of ketones is 2. The maximum absolute atomic E-state index is 12.5. The van der Waals surface area contributed by atoms with E-state index in [1.807, 2.05) is 61.5 Å². The van der Waals surface area contributed by atoms with Gasteiger partial charge in [0, 0.05) is 6.42 Å². The molecule has 1 aliphatic heterocycles. The molecule has 1 heterocycles. The van der Waals surface area contributed by atoms with Crippen LogP contribution in [0.2, 0.25) is 0 Å². The molecule has 1 aliphatic rings. The Bertz CT molecular complexity index is 810. The number of rotatable bonds is 7. The van der Waals surface area contributed by atoms with Gasteiger partial charge in [0.15, 0.2) is 23.6 Å². The summed E-state index contributed by atoms with van der Waals surface area (Å²) in [5.74, 6) is -2.67. The van der Waals surface area contributed by atoms with Gasteiger partial charge < -0.3 is 4.74 Å². The molecule has 4 nitrogen and oxygen atoms in total. The molecule has 0 radical (unpaired) electrons. The molecule has 1 fully saturated rings. The van der Waals surface area contributed by atoms with Crippen LogP contribution >= 0.6 is 0 Å². The molecule has 2 unspecified atom stereocenters. The second-order valence-electron chi connectivity index (χ2n) is 6.74. The summed E-state index contributed by atoms with van der Waals surface area (Å²) in [6.45, 7) is 1.99. The highest BCUT2D eigenvalue weighted by Gasteiger charge is 2.46. The highest BCUT2D eigenvalue weighted by atomic mass is 16.6. The van der Waals surface area contributed by atoms with Gasteiger partial charge in [-0.15, -0.1) is 0 Å². The Morgan fingerprint density at radius 1 is 0.962 bits per heavy atom. The van der Waals surface area contributed by atoms with Crippen molar-refractivity contribution >= 4 is 17.5 Å². The topological polar surface area (TPSA) is 60.4 Å². The maximum atomic E-state index is 12.5. The number of hydrogen-bond donors (Lipinski definition) is 0. The fraction of sp³-hybridized carbons (Fsp3) is 0.318. The minimum absolute atomic E-state index is 0.167. The van der Waals surface area contributed by atoms with Gasteiger partial charge in [0.1, 0.15) is 0 Å². The smallest absolute Gasteiger partial charge is 0.325 e. The molecule has 0 aliphatic carbocycles. The lowest BCUT2D eigenvalue weighted by atomic mass is 9.92. The van der Waals surface area contributed by atoms with Crippen molar-refractivity contribution in [3.8, 4) is 0 Å². The number of carbonyl (C=O) groups excluding carboxylic acids is 3. The Morgan fingerprint density at radius 2 is 1.69 bits per heavy atom. The number of ether oxygens (including phenoxy) is 1. The lowest BCUT2D eigenvalue weighted by Gasteiger charge is -2.07. The standard InChI is InChI=1S/C22H22O4/c1-15-6-5-9-17(14-15)10-12-18(23)20-21(24)19(26-22(20)25)13-11-16-7-3-2-4-8-16/h2-9,14,19-20H,10-13H2,1H3. The first-order valence-electron chi connectivity index (χ1n) is 8.91. The van der Waals surface area contributed by atoms with Gasteiger partial charge in [-0.1, -0.05) is 60.2 Å². The molecule has 26 heavy (non-hydrogen) atoms. The zero-order chi connectivity index (χ0) is 18.5. The van der Waals surface area contributed by atoms with Gasteiger partial charge in [-0.2, -0.15) is 0 Å². The number of carbonyl (C=O) groups is 3. The van der Waals surface area contributed by atoms with Gasteiger partial charge in [-0.05, 0) is 37.3 Å². The third-order valence-electron chi connectivity index (χ3n) is 4.70. The zero-order valence-electron chi connectivity index (χ0n) is 14.8. The Labute approximate surface area is 153 Å². The van der Waals surface area contributed by atoms with E-state index in [9.17, 15) is 14.4 Å². The fourth-order valence-corrected chi connectivity index (χ4v) is 3.28. The molecule has 2 atom stereocenters. The van der Waals surface area contributed by atoms with Gasteiger partial charge in [0.05, 0.1) is 0 Å². The quantitative estimate of drug-likeness (QED) is 0.568. The Hall–Kier alpha value is -2.75. The van der Waals surface area contributed by atoms with Crippen molar-refractivity contribution in [1.29, 1.82) is 0 Å². The van der Waals surface area contributed by atoms with Gasteiger partial charge in [-0.3, -0.25) is 14.4 Å². The molecule has 0 amide bonds. The monoisotopic (exact) mass is 350 g/mol. The van der Waals surface area contributed by atoms with E-state index in [0.29, 0.717) is 19.3 Å². The van der Waals surface area contributed by atoms with Crippen LogP contribution in [0.4, 0.5) is 0 Å². The van der Waals surface area contributed by atoms with Crippen LogP contribution in [0.5, 0.6) is 0 Å². The molecule has 2 aromatic rings. The molecule has 0 spiro atoms. The van der Waals surface area contributed by atoms with Crippen molar-refractivity contribution in [1.82, 2.24) is 0 Å². The molecule has 134 valence electrons. The summed E-state index contributed by atoms with van der Waals surface area (Å²) in [5.41, 5.74) is 3.22. The van der Waals surface area contributed by atoms with E-state index in [2.05, 4.69) is 0 Å². The molecule has 3 rings (SSSR count). The Kier molecular flexibility index (Phi) is 5.61. The molecule has 0 N–H and O–H groups in total. The van der Waals surface area contributed by atoms with Crippen molar-refractivity contribution in [3.05, 3.63) is 71.3 Å². The summed E-state index contributed by atoms with van der Waals surface area (Å²) in [6, 6.07) is 17.6. The molecule has 4 heteroatoms. The summed E-state index contributed by atoms with van der Waals surface area (Å²) in [5, 5.41) is 0. The highest BCUT2D eigenvalue weighted by Crippen LogP contribution is 2.24. The first kappa shape index (κ1) is 18.1. The van der Waals surface area contributed by atoms with E-state index in [-0.39, 0.29) is 18.0 Å². The molecular weight excluding hydrogens is 328 g/mol. The number of esters is 1. The summed E-state index contributed by atoms with van der Waals surface area (Å²) in [7, 11) is 0. The average molecular weight is 350 g/mol. The molecule has 0 bridgehead atoms. The first-order chi connectivity index (χ1) is 12.5. The summed E-state index contributed by atoms with van der Waals surface area (Å²) < 4.78 is 5.19. The second-order valence-corrected chi connectivity index (χ2v) is 6.74. The zero-order valence-corrected chi connectivity index (χ0v) is 14.8. The number of hydrogen-bond acceptors (Lipinski definition) is 4. The van der Waals surface area contributed by atoms with Crippen LogP contribution in [0.25, 0.3) is 0 Å². The van der Waals surface area contributed by atoms with E-state index < -0.39 is 18.0 Å². The third-order valence-corrected chi connectivity index (χ3v) is 4.70. The van der Waals surface area contributed by atoms with Crippen molar-refractivity contribution in [3.63, 3.8) is 0 Å². The van der Waals surface area contributed by atoms with Gasteiger partial charge in [-0.25, -0.2) is 0 Å². The van der Waals surface area contributed by atoms with E-state index in [1.54, 1.807) is 0 Å². The number of benzene rings is 2. The minimum Gasteiger partial charge on any atom is -0.453 e. The van der Waals surface area contributed by atoms with Crippen LogP contribution in [0.15, 0.2) is 54.6 Å². The fourth-order valence-electron chi connectivity index (χ4n) is 3.28. The largest absolute Gasteiger partial charge is 0.453 e. The van der Waals surface area contributed by atoms with Gasteiger partial charge in [0.2, 0.25) is 0 Å². The minimum atomic E-state index is -1.25. The van der Waals surface area contributed by atoms with Crippen LogP contribution in [0, 0.1) is 12.8 Å². The molecule has 0 aromatic heterocycles. The molecule has 0 saturated carbocycles. The van der Waals surface area contributed by atoms with Crippen LogP contribution in [-0.2, 0) is 32.0 Å². The number of cyclic esters (lactones) is 1. The van der Waals surface area contributed by atoms with Crippen LogP contribution < -0.4 is 0 Å². The molecule has 1 saturated heterocycles. The number of aryl methyl sites for hydroxylation is 3. The predicted molar refractivity (Wildman–Crippen MR) is 97.6 cm³/mol. The van der Waals surface area contributed by atoms with Crippen molar-refractivity contribution in [2.24, 2.45) is 5.92 Å². The normalized spacial score (nSPS) is 19.4. The highest BCUT2D eigenvalue weighted by molar-refractivity contribution is 6.21. The van der Waals surface area contributed by atoms with Crippen LogP contribution in [0.3, 0.4) is 0 Å². The van der Waals surface area contributed by atoms with Gasteiger partial charge >= 0.3 is 5.97 Å². The Balaban J connectivity index is 1.56. The summed E-state index contributed by atoms with van der Waals surface area (Å²) in [4.78, 5) is 36.9. The van der Waals surface area contributed by atoms with Gasteiger partial charge in [0.25, 0.3) is 0 Å². The van der Waals surface area contributed by atoms with E-state index >= 15 is 0 Å².